The lowest BCUT2D eigenvalue weighted by molar-refractivity contribution is 0.414. The quantitative estimate of drug-likeness (QED) is 0.570. The van der Waals surface area contributed by atoms with Gasteiger partial charge in [0, 0.05) is 24.0 Å². The van der Waals surface area contributed by atoms with Crippen molar-refractivity contribution in [2.45, 2.75) is 6.04 Å². The number of fused-ring (bicyclic) bond motifs is 1. The summed E-state index contributed by atoms with van der Waals surface area (Å²) in [6.07, 6.45) is 7.46. The summed E-state index contributed by atoms with van der Waals surface area (Å²) in [6.45, 7) is 0. The molecule has 0 amide bonds. The van der Waals surface area contributed by atoms with Gasteiger partial charge in [-0.05, 0) is 29.1 Å². The number of ether oxygens (including phenoxy) is 1. The van der Waals surface area contributed by atoms with Crippen molar-refractivity contribution in [1.82, 2.24) is 14.5 Å². The molecule has 0 radical (unpaired) electrons. The zero-order valence-corrected chi connectivity index (χ0v) is 13.3. The number of methoxy groups -OCH3 is 1. The lowest BCUT2D eigenvalue weighted by atomic mass is 9.98. The summed E-state index contributed by atoms with van der Waals surface area (Å²) in [5.41, 5.74) is 2.15. The summed E-state index contributed by atoms with van der Waals surface area (Å²) in [5.74, 6) is 0.842. The Hall–Kier alpha value is -3.14. The molecule has 0 saturated carbocycles. The number of hydrogen-bond donors (Lipinski definition) is 0. The first-order valence-electron chi connectivity index (χ1n) is 7.82. The number of aromatic nitrogens is 3. The van der Waals surface area contributed by atoms with Crippen LogP contribution in [0.4, 0.5) is 0 Å². The number of pyridine rings is 1. The van der Waals surface area contributed by atoms with E-state index in [1.54, 1.807) is 13.3 Å². The highest BCUT2D eigenvalue weighted by molar-refractivity contribution is 5.85. The van der Waals surface area contributed by atoms with Crippen LogP contribution in [0.5, 0.6) is 5.75 Å². The fourth-order valence-corrected chi connectivity index (χ4v) is 3.04. The van der Waals surface area contributed by atoms with Crippen molar-refractivity contribution in [2.24, 2.45) is 0 Å². The predicted octanol–water partition coefficient (Wildman–Crippen LogP) is 4.08. The highest BCUT2D eigenvalue weighted by Gasteiger charge is 2.19. The Morgan fingerprint density at radius 2 is 1.79 bits per heavy atom. The molecule has 0 bridgehead atoms. The third kappa shape index (κ3) is 2.52. The fourth-order valence-electron chi connectivity index (χ4n) is 3.04. The van der Waals surface area contributed by atoms with E-state index >= 15 is 0 Å². The maximum absolute atomic E-state index is 5.28. The van der Waals surface area contributed by atoms with Gasteiger partial charge in [-0.3, -0.25) is 4.98 Å². The van der Waals surface area contributed by atoms with Crippen LogP contribution in [0, 0.1) is 0 Å². The van der Waals surface area contributed by atoms with Gasteiger partial charge in [-0.15, -0.1) is 0 Å². The first-order valence-corrected chi connectivity index (χ1v) is 7.82. The van der Waals surface area contributed by atoms with Gasteiger partial charge in [-0.2, -0.15) is 0 Å². The van der Waals surface area contributed by atoms with Gasteiger partial charge in [0.2, 0.25) is 0 Å². The highest BCUT2D eigenvalue weighted by atomic mass is 16.5. The number of imidazole rings is 1. The standard InChI is InChI=1S/C20H17N3O/c1-24-17-8-6-16(7-9-17)20(23-13-12-21-14-23)19-18-5-3-2-4-15(18)10-11-22-19/h2-14,20H,1H3. The third-order valence-corrected chi connectivity index (χ3v) is 4.22. The SMILES string of the molecule is COc1ccc(C(c2nccc3ccccc23)n2ccnc2)cc1. The molecule has 4 aromatic rings. The molecule has 4 heteroatoms. The van der Waals surface area contributed by atoms with Crippen LogP contribution in [-0.2, 0) is 0 Å². The molecule has 2 heterocycles. The summed E-state index contributed by atoms with van der Waals surface area (Å²) < 4.78 is 7.36. The van der Waals surface area contributed by atoms with Crippen molar-refractivity contribution in [3.63, 3.8) is 0 Å². The summed E-state index contributed by atoms with van der Waals surface area (Å²) >= 11 is 0. The monoisotopic (exact) mass is 315 g/mol. The van der Waals surface area contributed by atoms with E-state index in [0.29, 0.717) is 0 Å². The van der Waals surface area contributed by atoms with Gasteiger partial charge in [-0.1, -0.05) is 36.4 Å². The molecule has 4 nitrogen and oxygen atoms in total. The maximum Gasteiger partial charge on any atom is 0.118 e. The van der Waals surface area contributed by atoms with E-state index in [2.05, 4.69) is 33.8 Å². The molecule has 1 unspecified atom stereocenters. The number of benzene rings is 2. The van der Waals surface area contributed by atoms with Gasteiger partial charge in [0.05, 0.1) is 19.1 Å². The van der Waals surface area contributed by atoms with Crippen molar-refractivity contribution in [3.8, 4) is 5.75 Å². The zero-order valence-electron chi connectivity index (χ0n) is 13.3. The molecule has 0 N–H and O–H groups in total. The average Bonchev–Trinajstić information content (AvgIpc) is 3.17. The first-order chi connectivity index (χ1) is 11.9. The van der Waals surface area contributed by atoms with Crippen LogP contribution in [-0.4, -0.2) is 21.6 Å². The van der Waals surface area contributed by atoms with Crippen molar-refractivity contribution < 1.29 is 4.74 Å². The van der Waals surface area contributed by atoms with Gasteiger partial charge in [0.15, 0.2) is 0 Å². The number of rotatable bonds is 4. The third-order valence-electron chi connectivity index (χ3n) is 4.22. The van der Waals surface area contributed by atoms with E-state index in [-0.39, 0.29) is 6.04 Å². The van der Waals surface area contributed by atoms with Crippen molar-refractivity contribution >= 4 is 10.8 Å². The molecule has 24 heavy (non-hydrogen) atoms. The van der Waals surface area contributed by atoms with E-state index in [1.165, 1.54) is 5.39 Å². The summed E-state index contributed by atoms with van der Waals surface area (Å²) in [4.78, 5) is 8.92. The maximum atomic E-state index is 5.28. The van der Waals surface area contributed by atoms with E-state index in [9.17, 15) is 0 Å². The lowest BCUT2D eigenvalue weighted by Crippen LogP contribution is -2.12. The molecule has 0 aliphatic carbocycles. The van der Waals surface area contributed by atoms with Crippen LogP contribution in [0.2, 0.25) is 0 Å². The van der Waals surface area contributed by atoms with Crippen molar-refractivity contribution in [1.29, 1.82) is 0 Å². The molecule has 2 aromatic heterocycles. The number of hydrogen-bond acceptors (Lipinski definition) is 3. The van der Waals surface area contributed by atoms with Crippen molar-refractivity contribution in [3.05, 3.63) is 90.8 Å². The topological polar surface area (TPSA) is 39.9 Å². The van der Waals surface area contributed by atoms with Crippen LogP contribution in [0.1, 0.15) is 17.3 Å². The minimum atomic E-state index is -0.0375. The lowest BCUT2D eigenvalue weighted by Gasteiger charge is -2.20. The molecule has 0 saturated heterocycles. The molecular weight excluding hydrogens is 298 g/mol. The Balaban J connectivity index is 1.92. The molecule has 1 atom stereocenters. The van der Waals surface area contributed by atoms with E-state index < -0.39 is 0 Å². The number of nitrogens with zero attached hydrogens (tertiary/aromatic N) is 3. The molecule has 118 valence electrons. The Bertz CT molecular complexity index is 941. The molecule has 0 fully saturated rings. The predicted molar refractivity (Wildman–Crippen MR) is 94.2 cm³/mol. The molecular formula is C20H17N3O. The average molecular weight is 315 g/mol. The molecule has 0 aliphatic rings. The zero-order chi connectivity index (χ0) is 16.4. The normalized spacial score (nSPS) is 12.2. The van der Waals surface area contributed by atoms with Gasteiger partial charge in [0.25, 0.3) is 0 Å². The Kier molecular flexibility index (Phi) is 3.71. The fraction of sp³-hybridized carbons (Fsp3) is 0.100. The molecule has 0 aliphatic heterocycles. The minimum absolute atomic E-state index is 0.0375. The van der Waals surface area contributed by atoms with Gasteiger partial charge >= 0.3 is 0 Å². The summed E-state index contributed by atoms with van der Waals surface area (Å²) in [7, 11) is 1.68. The largest absolute Gasteiger partial charge is 0.497 e. The van der Waals surface area contributed by atoms with Crippen LogP contribution >= 0.6 is 0 Å². The van der Waals surface area contributed by atoms with Crippen LogP contribution < -0.4 is 4.74 Å². The van der Waals surface area contributed by atoms with E-state index in [0.717, 1.165) is 22.4 Å². The molecule has 4 rings (SSSR count). The Morgan fingerprint density at radius 3 is 2.54 bits per heavy atom. The smallest absolute Gasteiger partial charge is 0.118 e. The molecule has 0 spiro atoms. The Labute approximate surface area is 140 Å². The molecule has 2 aromatic carbocycles. The minimum Gasteiger partial charge on any atom is -0.497 e. The Morgan fingerprint density at radius 1 is 0.958 bits per heavy atom. The second-order valence-electron chi connectivity index (χ2n) is 5.60. The van der Waals surface area contributed by atoms with E-state index in [1.807, 2.05) is 49.1 Å². The van der Waals surface area contributed by atoms with Gasteiger partial charge < -0.3 is 9.30 Å². The summed E-state index contributed by atoms with van der Waals surface area (Å²) in [5, 5.41) is 2.33. The van der Waals surface area contributed by atoms with Crippen LogP contribution in [0.25, 0.3) is 10.8 Å². The second kappa shape index (κ2) is 6.16. The second-order valence-corrected chi connectivity index (χ2v) is 5.60. The van der Waals surface area contributed by atoms with Gasteiger partial charge in [-0.25, -0.2) is 4.98 Å². The highest BCUT2D eigenvalue weighted by Crippen LogP contribution is 2.31. The summed E-state index contributed by atoms with van der Waals surface area (Å²) in [6, 6.07) is 18.4. The first kappa shape index (κ1) is 14.5. The van der Waals surface area contributed by atoms with Gasteiger partial charge in [0.1, 0.15) is 11.8 Å². The van der Waals surface area contributed by atoms with E-state index in [4.69, 9.17) is 9.72 Å². The van der Waals surface area contributed by atoms with Crippen LogP contribution in [0.15, 0.2) is 79.5 Å². The van der Waals surface area contributed by atoms with Crippen molar-refractivity contribution in [2.75, 3.05) is 7.11 Å². The van der Waals surface area contributed by atoms with Crippen LogP contribution in [0.3, 0.4) is 0 Å².